The molecule has 0 radical (unpaired) electrons. The number of morpholine rings is 1. The van der Waals surface area contributed by atoms with Gasteiger partial charge in [0.1, 0.15) is 0 Å². The second kappa shape index (κ2) is 5.68. The van der Waals surface area contributed by atoms with Gasteiger partial charge in [0, 0.05) is 19.1 Å². The third kappa shape index (κ3) is 2.83. The smallest absolute Gasteiger partial charge is 0.0730 e. The summed E-state index contributed by atoms with van der Waals surface area (Å²) in [6, 6.07) is 0.743. The molecule has 98 valence electrons. The standard InChI is InChI=1S/C14H26N2O/c1-2-4-14-13(3-1)16(9-10-17-14)11-12-5-7-15-8-6-12/h12-15H,1-11H2. The highest BCUT2D eigenvalue weighted by molar-refractivity contribution is 4.88. The number of hydrogen-bond donors (Lipinski definition) is 1. The van der Waals surface area contributed by atoms with E-state index in [1.807, 2.05) is 0 Å². The molecule has 17 heavy (non-hydrogen) atoms. The molecule has 3 fully saturated rings. The minimum absolute atomic E-state index is 0.555. The Balaban J connectivity index is 1.56. The van der Waals surface area contributed by atoms with Crippen LogP contribution in [0.1, 0.15) is 38.5 Å². The largest absolute Gasteiger partial charge is 0.375 e. The van der Waals surface area contributed by atoms with Crippen LogP contribution in [0.5, 0.6) is 0 Å². The van der Waals surface area contributed by atoms with Gasteiger partial charge in [-0.05, 0) is 44.7 Å². The first-order valence-corrected chi connectivity index (χ1v) is 7.50. The van der Waals surface area contributed by atoms with Crippen LogP contribution in [0, 0.1) is 5.92 Å². The molecule has 0 amide bonds. The summed E-state index contributed by atoms with van der Waals surface area (Å²) >= 11 is 0. The number of hydrogen-bond acceptors (Lipinski definition) is 3. The van der Waals surface area contributed by atoms with Gasteiger partial charge in [0.05, 0.1) is 12.7 Å². The molecule has 3 nitrogen and oxygen atoms in total. The lowest BCUT2D eigenvalue weighted by atomic mass is 9.88. The van der Waals surface area contributed by atoms with Gasteiger partial charge in [0.15, 0.2) is 0 Å². The van der Waals surface area contributed by atoms with Gasteiger partial charge >= 0.3 is 0 Å². The molecule has 1 saturated carbocycles. The van der Waals surface area contributed by atoms with Crippen LogP contribution in [0.3, 0.4) is 0 Å². The molecule has 1 aliphatic carbocycles. The van der Waals surface area contributed by atoms with E-state index in [9.17, 15) is 0 Å². The van der Waals surface area contributed by atoms with Crippen molar-refractivity contribution in [3.8, 4) is 0 Å². The minimum Gasteiger partial charge on any atom is -0.375 e. The zero-order valence-corrected chi connectivity index (χ0v) is 10.9. The van der Waals surface area contributed by atoms with Crippen molar-refractivity contribution in [2.24, 2.45) is 5.92 Å². The van der Waals surface area contributed by atoms with Gasteiger partial charge in [-0.25, -0.2) is 0 Å². The summed E-state index contributed by atoms with van der Waals surface area (Å²) in [5.41, 5.74) is 0. The van der Waals surface area contributed by atoms with E-state index in [1.54, 1.807) is 0 Å². The number of piperidine rings is 1. The number of rotatable bonds is 2. The minimum atomic E-state index is 0.555. The first-order valence-electron chi connectivity index (χ1n) is 7.50. The van der Waals surface area contributed by atoms with Crippen molar-refractivity contribution in [2.45, 2.75) is 50.7 Å². The lowest BCUT2D eigenvalue weighted by Gasteiger charge is -2.45. The summed E-state index contributed by atoms with van der Waals surface area (Å²) in [7, 11) is 0. The molecule has 1 N–H and O–H groups in total. The summed E-state index contributed by atoms with van der Waals surface area (Å²) in [6.45, 7) is 5.91. The van der Waals surface area contributed by atoms with E-state index in [4.69, 9.17) is 4.74 Å². The van der Waals surface area contributed by atoms with Gasteiger partial charge in [-0.3, -0.25) is 4.90 Å². The highest BCUT2D eigenvalue weighted by Crippen LogP contribution is 2.29. The Bertz CT molecular complexity index is 238. The average molecular weight is 238 g/mol. The molecular formula is C14H26N2O. The molecule has 2 atom stereocenters. The summed E-state index contributed by atoms with van der Waals surface area (Å²) in [5, 5.41) is 3.47. The lowest BCUT2D eigenvalue weighted by molar-refractivity contribution is -0.0928. The maximum absolute atomic E-state index is 5.95. The molecule has 2 unspecified atom stereocenters. The number of nitrogens with zero attached hydrogens (tertiary/aromatic N) is 1. The fraction of sp³-hybridized carbons (Fsp3) is 1.00. The van der Waals surface area contributed by atoms with Crippen molar-refractivity contribution in [3.63, 3.8) is 0 Å². The number of nitrogens with one attached hydrogen (secondary N) is 1. The van der Waals surface area contributed by atoms with Crippen LogP contribution in [0.15, 0.2) is 0 Å². The quantitative estimate of drug-likeness (QED) is 0.791. The van der Waals surface area contributed by atoms with E-state index in [2.05, 4.69) is 10.2 Å². The number of ether oxygens (including phenoxy) is 1. The van der Waals surface area contributed by atoms with Crippen molar-refractivity contribution >= 4 is 0 Å². The molecule has 3 heteroatoms. The Morgan fingerprint density at radius 2 is 1.88 bits per heavy atom. The van der Waals surface area contributed by atoms with Crippen molar-refractivity contribution in [1.82, 2.24) is 10.2 Å². The van der Waals surface area contributed by atoms with Gasteiger partial charge < -0.3 is 10.1 Å². The molecule has 2 heterocycles. The normalized spacial score (nSPS) is 36.7. The predicted molar refractivity (Wildman–Crippen MR) is 69.2 cm³/mol. The molecule has 0 aromatic carbocycles. The van der Waals surface area contributed by atoms with E-state index < -0.39 is 0 Å². The second-order valence-electron chi connectivity index (χ2n) is 5.95. The van der Waals surface area contributed by atoms with Gasteiger partial charge in [-0.15, -0.1) is 0 Å². The van der Waals surface area contributed by atoms with Crippen LogP contribution >= 0.6 is 0 Å². The van der Waals surface area contributed by atoms with Gasteiger partial charge in [-0.2, -0.15) is 0 Å². The third-order valence-electron chi connectivity index (χ3n) is 4.80. The first-order chi connectivity index (χ1) is 8.43. The topological polar surface area (TPSA) is 24.5 Å². The number of fused-ring (bicyclic) bond motifs is 1. The summed E-state index contributed by atoms with van der Waals surface area (Å²) < 4.78 is 5.95. The maximum atomic E-state index is 5.95. The SMILES string of the molecule is C1CCC2C(C1)OCCN2CC1CCNCC1. The average Bonchev–Trinajstić information content (AvgIpc) is 2.40. The van der Waals surface area contributed by atoms with Crippen LogP contribution in [-0.2, 0) is 4.74 Å². The molecule has 3 aliphatic rings. The molecule has 0 aromatic heterocycles. The molecular weight excluding hydrogens is 212 g/mol. The van der Waals surface area contributed by atoms with E-state index in [-0.39, 0.29) is 0 Å². The zero-order chi connectivity index (χ0) is 11.5. The summed E-state index contributed by atoms with van der Waals surface area (Å²) in [6.07, 6.45) is 8.75. The van der Waals surface area contributed by atoms with Crippen molar-refractivity contribution in [1.29, 1.82) is 0 Å². The lowest BCUT2D eigenvalue weighted by Crippen LogP contribution is -2.54. The van der Waals surface area contributed by atoms with Crippen LogP contribution in [0.4, 0.5) is 0 Å². The van der Waals surface area contributed by atoms with E-state index in [0.29, 0.717) is 6.10 Å². The maximum Gasteiger partial charge on any atom is 0.0730 e. The van der Waals surface area contributed by atoms with E-state index >= 15 is 0 Å². The van der Waals surface area contributed by atoms with Crippen molar-refractivity contribution < 1.29 is 4.74 Å². The Kier molecular flexibility index (Phi) is 3.99. The summed E-state index contributed by atoms with van der Waals surface area (Å²) in [5.74, 6) is 0.928. The van der Waals surface area contributed by atoms with Crippen LogP contribution in [0.2, 0.25) is 0 Å². The van der Waals surface area contributed by atoms with Gasteiger partial charge in [0.25, 0.3) is 0 Å². The van der Waals surface area contributed by atoms with Gasteiger partial charge in [-0.1, -0.05) is 12.8 Å². The van der Waals surface area contributed by atoms with Crippen molar-refractivity contribution in [2.75, 3.05) is 32.8 Å². The zero-order valence-electron chi connectivity index (χ0n) is 10.9. The Morgan fingerprint density at radius 3 is 2.76 bits per heavy atom. The fourth-order valence-electron chi connectivity index (χ4n) is 3.80. The Morgan fingerprint density at radius 1 is 1.06 bits per heavy atom. The fourth-order valence-corrected chi connectivity index (χ4v) is 3.80. The highest BCUT2D eigenvalue weighted by atomic mass is 16.5. The van der Waals surface area contributed by atoms with Crippen LogP contribution < -0.4 is 5.32 Å². The van der Waals surface area contributed by atoms with Crippen molar-refractivity contribution in [3.05, 3.63) is 0 Å². The Labute approximate surface area is 105 Å². The molecule has 2 saturated heterocycles. The first kappa shape index (κ1) is 11.9. The summed E-state index contributed by atoms with van der Waals surface area (Å²) in [4.78, 5) is 2.75. The Hall–Kier alpha value is -0.120. The van der Waals surface area contributed by atoms with Gasteiger partial charge in [0.2, 0.25) is 0 Å². The predicted octanol–water partition coefficient (Wildman–Crippen LogP) is 1.63. The molecule has 0 bridgehead atoms. The second-order valence-corrected chi connectivity index (χ2v) is 5.95. The van der Waals surface area contributed by atoms with E-state index in [0.717, 1.165) is 18.6 Å². The van der Waals surface area contributed by atoms with E-state index in [1.165, 1.54) is 64.7 Å². The molecule has 2 aliphatic heterocycles. The van der Waals surface area contributed by atoms with Crippen LogP contribution in [-0.4, -0.2) is 49.8 Å². The molecule has 0 aromatic rings. The molecule has 0 spiro atoms. The highest BCUT2D eigenvalue weighted by Gasteiger charge is 2.34. The third-order valence-corrected chi connectivity index (χ3v) is 4.80. The molecule has 3 rings (SSSR count). The monoisotopic (exact) mass is 238 g/mol. The van der Waals surface area contributed by atoms with Crippen LogP contribution in [0.25, 0.3) is 0 Å².